The lowest BCUT2D eigenvalue weighted by molar-refractivity contribution is -0.154. The molecule has 1 aliphatic heterocycles. The van der Waals surface area contributed by atoms with Crippen LogP contribution in [0.25, 0.3) is 0 Å². The molecule has 20 heavy (non-hydrogen) atoms. The van der Waals surface area contributed by atoms with E-state index < -0.39 is 0 Å². The molecule has 0 radical (unpaired) electrons. The van der Waals surface area contributed by atoms with Crippen LogP contribution in [0.15, 0.2) is 54.1 Å². The molecule has 2 atom stereocenters. The lowest BCUT2D eigenvalue weighted by Crippen LogP contribution is -2.61. The van der Waals surface area contributed by atoms with E-state index in [0.29, 0.717) is 6.42 Å². The summed E-state index contributed by atoms with van der Waals surface area (Å²) in [6, 6.07) is 10.4. The zero-order chi connectivity index (χ0) is 14.2. The van der Waals surface area contributed by atoms with E-state index in [0.717, 1.165) is 6.42 Å². The fraction of sp³-hybridized carbons (Fsp3) is 0.353. The highest BCUT2D eigenvalue weighted by atomic mass is 16.2. The van der Waals surface area contributed by atoms with Gasteiger partial charge in [0.15, 0.2) is 0 Å². The maximum absolute atomic E-state index is 11.9. The predicted octanol–water partition coefficient (Wildman–Crippen LogP) is 3.13. The lowest BCUT2D eigenvalue weighted by atomic mass is 9.88. The third-order valence-corrected chi connectivity index (χ3v) is 4.00. The second-order valence-electron chi connectivity index (χ2n) is 5.97. The van der Waals surface area contributed by atoms with E-state index in [9.17, 15) is 4.79 Å². The number of nitrogens with one attached hydrogen (secondary N) is 1. The molecule has 1 heterocycles. The SMILES string of the molecule is CC1=CC=CC(C)(NN2C(=O)CC2c2ccccc2)C1. The summed E-state index contributed by atoms with van der Waals surface area (Å²) in [5, 5.41) is 1.79. The number of nitrogens with zero attached hydrogens (tertiary/aromatic N) is 1. The Balaban J connectivity index is 1.75. The number of hydrazine groups is 1. The summed E-state index contributed by atoms with van der Waals surface area (Å²) in [6.07, 6.45) is 7.83. The molecule has 0 aromatic heterocycles. The van der Waals surface area contributed by atoms with Crippen LogP contribution in [0, 0.1) is 0 Å². The molecule has 1 aliphatic carbocycles. The minimum absolute atomic E-state index is 0.153. The van der Waals surface area contributed by atoms with Crippen molar-refractivity contribution in [2.45, 2.75) is 38.3 Å². The number of hydrogen-bond donors (Lipinski definition) is 1. The first kappa shape index (κ1) is 13.1. The summed E-state index contributed by atoms with van der Waals surface area (Å²) in [5.74, 6) is 0.167. The third-order valence-electron chi connectivity index (χ3n) is 4.00. The molecule has 104 valence electrons. The Hall–Kier alpha value is -1.87. The summed E-state index contributed by atoms with van der Waals surface area (Å²) < 4.78 is 0. The van der Waals surface area contributed by atoms with Crippen molar-refractivity contribution < 1.29 is 4.79 Å². The summed E-state index contributed by atoms with van der Waals surface area (Å²) in [4.78, 5) is 11.9. The van der Waals surface area contributed by atoms with Crippen LogP contribution in [0.2, 0.25) is 0 Å². The number of carbonyl (C=O) groups excluding carboxylic acids is 1. The third kappa shape index (κ3) is 2.41. The van der Waals surface area contributed by atoms with Gasteiger partial charge in [-0.3, -0.25) is 9.80 Å². The van der Waals surface area contributed by atoms with E-state index in [1.807, 2.05) is 18.2 Å². The van der Waals surface area contributed by atoms with Crippen molar-refractivity contribution in [3.05, 3.63) is 59.7 Å². The van der Waals surface area contributed by atoms with E-state index in [2.05, 4.69) is 49.6 Å². The van der Waals surface area contributed by atoms with Crippen molar-refractivity contribution in [2.75, 3.05) is 0 Å². The lowest BCUT2D eigenvalue weighted by Gasteiger charge is -2.46. The Labute approximate surface area is 119 Å². The number of allylic oxidation sites excluding steroid dienone is 2. The standard InChI is InChI=1S/C17H20N2O/c1-13-7-6-10-17(2,12-13)18-19-15(11-16(19)20)14-8-4-3-5-9-14/h3-10,15,18H,11-12H2,1-2H3. The van der Waals surface area contributed by atoms with Crippen LogP contribution in [0.1, 0.15) is 38.3 Å². The van der Waals surface area contributed by atoms with Gasteiger partial charge < -0.3 is 0 Å². The molecular formula is C17H20N2O. The van der Waals surface area contributed by atoms with Crippen LogP contribution in [0.3, 0.4) is 0 Å². The van der Waals surface area contributed by atoms with E-state index >= 15 is 0 Å². The highest BCUT2D eigenvalue weighted by Gasteiger charge is 2.40. The molecule has 3 rings (SSSR count). The quantitative estimate of drug-likeness (QED) is 0.854. The highest BCUT2D eigenvalue weighted by Crippen LogP contribution is 2.35. The van der Waals surface area contributed by atoms with Gasteiger partial charge in [-0.15, -0.1) is 0 Å². The first-order valence-corrected chi connectivity index (χ1v) is 7.07. The summed E-state index contributed by atoms with van der Waals surface area (Å²) in [6.45, 7) is 4.25. The molecule has 3 nitrogen and oxygen atoms in total. The van der Waals surface area contributed by atoms with Gasteiger partial charge in [-0.05, 0) is 25.8 Å². The molecular weight excluding hydrogens is 248 g/mol. The molecule has 1 aromatic rings. The van der Waals surface area contributed by atoms with Gasteiger partial charge in [0.05, 0.1) is 18.0 Å². The Morgan fingerprint density at radius 1 is 1.30 bits per heavy atom. The van der Waals surface area contributed by atoms with Crippen molar-refractivity contribution >= 4 is 5.91 Å². The average molecular weight is 268 g/mol. The molecule has 0 saturated carbocycles. The fourth-order valence-electron chi connectivity index (χ4n) is 2.97. The number of rotatable bonds is 3. The summed E-state index contributed by atoms with van der Waals surface area (Å²) in [5.41, 5.74) is 5.75. The van der Waals surface area contributed by atoms with E-state index in [-0.39, 0.29) is 17.5 Å². The summed E-state index contributed by atoms with van der Waals surface area (Å²) in [7, 11) is 0. The van der Waals surface area contributed by atoms with E-state index in [1.165, 1.54) is 11.1 Å². The van der Waals surface area contributed by atoms with Gasteiger partial charge >= 0.3 is 0 Å². The minimum Gasteiger partial charge on any atom is -0.273 e. The van der Waals surface area contributed by atoms with Gasteiger partial charge in [0.1, 0.15) is 0 Å². The molecule has 2 aliphatic rings. The van der Waals surface area contributed by atoms with Crippen molar-refractivity contribution in [1.29, 1.82) is 0 Å². The zero-order valence-corrected chi connectivity index (χ0v) is 12.0. The van der Waals surface area contributed by atoms with Gasteiger partial charge in [0.2, 0.25) is 5.91 Å². The monoisotopic (exact) mass is 268 g/mol. The fourth-order valence-corrected chi connectivity index (χ4v) is 2.97. The second kappa shape index (κ2) is 4.91. The highest BCUT2D eigenvalue weighted by molar-refractivity contribution is 5.83. The van der Waals surface area contributed by atoms with Gasteiger partial charge in [-0.2, -0.15) is 0 Å². The number of benzene rings is 1. The van der Waals surface area contributed by atoms with Crippen LogP contribution in [-0.2, 0) is 4.79 Å². The van der Waals surface area contributed by atoms with Gasteiger partial charge in [0, 0.05) is 0 Å². The second-order valence-corrected chi connectivity index (χ2v) is 5.97. The Bertz CT molecular complexity index is 576. The molecule has 1 N–H and O–H groups in total. The zero-order valence-electron chi connectivity index (χ0n) is 12.0. The van der Waals surface area contributed by atoms with Crippen molar-refractivity contribution in [3.63, 3.8) is 0 Å². The van der Waals surface area contributed by atoms with Crippen LogP contribution >= 0.6 is 0 Å². The molecule has 2 unspecified atom stereocenters. The smallest absolute Gasteiger partial charge is 0.239 e. The molecule has 1 aromatic carbocycles. The van der Waals surface area contributed by atoms with E-state index in [1.54, 1.807) is 5.01 Å². The Morgan fingerprint density at radius 3 is 2.70 bits per heavy atom. The molecule has 3 heteroatoms. The Kier molecular flexibility index (Phi) is 3.22. The maximum atomic E-state index is 11.9. The van der Waals surface area contributed by atoms with Crippen molar-refractivity contribution in [1.82, 2.24) is 10.4 Å². The van der Waals surface area contributed by atoms with Gasteiger partial charge in [-0.1, -0.05) is 54.1 Å². The van der Waals surface area contributed by atoms with Gasteiger partial charge in [-0.25, -0.2) is 5.43 Å². The van der Waals surface area contributed by atoms with E-state index in [4.69, 9.17) is 0 Å². The van der Waals surface area contributed by atoms with Crippen LogP contribution < -0.4 is 5.43 Å². The maximum Gasteiger partial charge on any atom is 0.239 e. The largest absolute Gasteiger partial charge is 0.273 e. The number of β-lactam (4-membered cyclic amide) rings is 1. The van der Waals surface area contributed by atoms with Crippen LogP contribution in [-0.4, -0.2) is 16.5 Å². The molecule has 1 saturated heterocycles. The topological polar surface area (TPSA) is 32.3 Å². The van der Waals surface area contributed by atoms with Crippen LogP contribution in [0.4, 0.5) is 0 Å². The minimum atomic E-state index is -0.179. The Morgan fingerprint density at radius 2 is 2.05 bits per heavy atom. The number of hydrogen-bond acceptors (Lipinski definition) is 2. The average Bonchev–Trinajstić information content (AvgIpc) is 2.43. The normalized spacial score (nSPS) is 29.1. The van der Waals surface area contributed by atoms with Crippen molar-refractivity contribution in [3.8, 4) is 0 Å². The van der Waals surface area contributed by atoms with Crippen LogP contribution in [0.5, 0.6) is 0 Å². The first-order valence-electron chi connectivity index (χ1n) is 7.07. The number of amides is 1. The molecule has 0 bridgehead atoms. The molecule has 1 amide bonds. The van der Waals surface area contributed by atoms with Crippen molar-refractivity contribution in [2.24, 2.45) is 0 Å². The van der Waals surface area contributed by atoms with Gasteiger partial charge in [0.25, 0.3) is 0 Å². The first-order chi connectivity index (χ1) is 9.57. The predicted molar refractivity (Wildman–Crippen MR) is 79.7 cm³/mol. The number of carbonyl (C=O) groups is 1. The molecule has 0 spiro atoms. The molecule has 1 fully saturated rings. The summed E-state index contributed by atoms with van der Waals surface area (Å²) >= 11 is 0.